The average Bonchev–Trinajstić information content (AvgIpc) is 2.49. The SMILES string of the molecule is O=C(Nc1ccc(SC(F)F)cc1)N1CCC(CO)CC1. The number of amides is 2. The molecule has 7 heteroatoms. The Bertz CT molecular complexity index is 463. The normalized spacial score (nSPS) is 16.3. The third-order valence-corrected chi connectivity index (χ3v) is 4.21. The minimum atomic E-state index is -2.45. The van der Waals surface area contributed by atoms with Crippen LogP contribution in [-0.4, -0.2) is 41.5 Å². The van der Waals surface area contributed by atoms with Gasteiger partial charge in [0.25, 0.3) is 5.76 Å². The molecule has 0 saturated carbocycles. The highest BCUT2D eigenvalue weighted by atomic mass is 32.2. The monoisotopic (exact) mass is 316 g/mol. The van der Waals surface area contributed by atoms with Crippen molar-refractivity contribution in [3.63, 3.8) is 0 Å². The van der Waals surface area contributed by atoms with E-state index in [2.05, 4.69) is 5.32 Å². The van der Waals surface area contributed by atoms with Gasteiger partial charge < -0.3 is 15.3 Å². The highest BCUT2D eigenvalue weighted by Crippen LogP contribution is 2.26. The van der Waals surface area contributed by atoms with Crippen molar-refractivity contribution in [1.82, 2.24) is 4.90 Å². The van der Waals surface area contributed by atoms with Crippen LogP contribution in [0.1, 0.15) is 12.8 Å². The van der Waals surface area contributed by atoms with Crippen LogP contribution in [0.2, 0.25) is 0 Å². The predicted octanol–water partition coefficient (Wildman–Crippen LogP) is 3.24. The van der Waals surface area contributed by atoms with Crippen LogP contribution < -0.4 is 5.32 Å². The first-order chi connectivity index (χ1) is 10.1. The maximum Gasteiger partial charge on any atom is 0.321 e. The van der Waals surface area contributed by atoms with E-state index >= 15 is 0 Å². The van der Waals surface area contributed by atoms with Crippen molar-refractivity contribution in [3.05, 3.63) is 24.3 Å². The van der Waals surface area contributed by atoms with Crippen molar-refractivity contribution >= 4 is 23.5 Å². The van der Waals surface area contributed by atoms with Crippen LogP contribution in [0.15, 0.2) is 29.2 Å². The van der Waals surface area contributed by atoms with Gasteiger partial charge in [-0.05, 0) is 43.0 Å². The van der Waals surface area contributed by atoms with E-state index < -0.39 is 5.76 Å². The molecule has 0 aromatic heterocycles. The number of benzene rings is 1. The van der Waals surface area contributed by atoms with Crippen molar-refractivity contribution < 1.29 is 18.7 Å². The van der Waals surface area contributed by atoms with Crippen LogP contribution in [0.4, 0.5) is 19.3 Å². The minimum Gasteiger partial charge on any atom is -0.396 e. The van der Waals surface area contributed by atoms with Gasteiger partial charge >= 0.3 is 6.03 Å². The molecule has 116 valence electrons. The predicted molar refractivity (Wildman–Crippen MR) is 78.7 cm³/mol. The molecular formula is C14H18F2N2O2S. The van der Waals surface area contributed by atoms with E-state index in [-0.39, 0.29) is 18.6 Å². The van der Waals surface area contributed by atoms with Gasteiger partial charge in [-0.15, -0.1) is 0 Å². The van der Waals surface area contributed by atoms with Crippen molar-refractivity contribution in [2.75, 3.05) is 25.0 Å². The number of carbonyl (C=O) groups is 1. The van der Waals surface area contributed by atoms with E-state index in [0.717, 1.165) is 12.8 Å². The molecule has 1 aromatic rings. The van der Waals surface area contributed by atoms with Gasteiger partial charge in [-0.1, -0.05) is 11.8 Å². The number of aliphatic hydroxyl groups is 1. The summed E-state index contributed by atoms with van der Waals surface area (Å²) in [5.74, 6) is -2.17. The fourth-order valence-corrected chi connectivity index (χ4v) is 2.74. The number of aliphatic hydroxyl groups excluding tert-OH is 1. The van der Waals surface area contributed by atoms with Crippen LogP contribution in [0, 0.1) is 5.92 Å². The Hall–Kier alpha value is -1.34. The third kappa shape index (κ3) is 4.86. The quantitative estimate of drug-likeness (QED) is 0.839. The Balaban J connectivity index is 1.85. The number of anilines is 1. The van der Waals surface area contributed by atoms with E-state index in [9.17, 15) is 13.6 Å². The number of nitrogens with one attached hydrogen (secondary N) is 1. The lowest BCUT2D eigenvalue weighted by Crippen LogP contribution is -2.41. The smallest absolute Gasteiger partial charge is 0.321 e. The molecule has 0 aliphatic carbocycles. The van der Waals surface area contributed by atoms with Crippen molar-refractivity contribution in [2.24, 2.45) is 5.92 Å². The largest absolute Gasteiger partial charge is 0.396 e. The van der Waals surface area contributed by atoms with Gasteiger partial charge in [0.15, 0.2) is 0 Å². The van der Waals surface area contributed by atoms with E-state index in [0.29, 0.717) is 35.4 Å². The molecular weight excluding hydrogens is 298 g/mol. The Morgan fingerprint density at radius 3 is 2.48 bits per heavy atom. The second-order valence-electron chi connectivity index (χ2n) is 4.95. The topological polar surface area (TPSA) is 52.6 Å². The number of likely N-dealkylation sites (tertiary alicyclic amines) is 1. The van der Waals surface area contributed by atoms with Crippen LogP contribution in [-0.2, 0) is 0 Å². The standard InChI is InChI=1S/C14H18F2N2O2S/c15-13(16)21-12-3-1-11(2-4-12)17-14(20)18-7-5-10(9-19)6-8-18/h1-4,10,13,19H,5-9H2,(H,17,20). The molecule has 1 fully saturated rings. The number of rotatable bonds is 4. The summed E-state index contributed by atoms with van der Waals surface area (Å²) < 4.78 is 24.4. The first kappa shape index (κ1) is 16.0. The first-order valence-corrected chi connectivity index (χ1v) is 7.68. The lowest BCUT2D eigenvalue weighted by atomic mass is 9.98. The number of urea groups is 1. The molecule has 1 aliphatic rings. The number of alkyl halides is 2. The molecule has 4 nitrogen and oxygen atoms in total. The Labute approximate surface area is 126 Å². The number of hydrogen-bond donors (Lipinski definition) is 2. The number of thioether (sulfide) groups is 1. The lowest BCUT2D eigenvalue weighted by molar-refractivity contribution is 0.143. The fraction of sp³-hybridized carbons (Fsp3) is 0.500. The summed E-state index contributed by atoms with van der Waals surface area (Å²) in [4.78, 5) is 14.2. The second-order valence-corrected chi connectivity index (χ2v) is 6.01. The summed E-state index contributed by atoms with van der Waals surface area (Å²) in [6, 6.07) is 6.15. The Morgan fingerprint density at radius 1 is 1.33 bits per heavy atom. The molecule has 1 aromatic carbocycles. The van der Waals surface area contributed by atoms with Crippen molar-refractivity contribution in [2.45, 2.75) is 23.5 Å². The molecule has 1 heterocycles. The molecule has 0 radical (unpaired) electrons. The minimum absolute atomic E-state index is 0.165. The van der Waals surface area contributed by atoms with Gasteiger partial charge in [0.2, 0.25) is 0 Å². The summed E-state index contributed by atoms with van der Waals surface area (Å²) in [5, 5.41) is 11.8. The fourth-order valence-electron chi connectivity index (χ4n) is 2.24. The van der Waals surface area contributed by atoms with E-state index in [1.165, 1.54) is 0 Å². The first-order valence-electron chi connectivity index (χ1n) is 6.80. The molecule has 1 aliphatic heterocycles. The Kier molecular flexibility index (Phi) is 5.81. The maximum absolute atomic E-state index is 12.2. The van der Waals surface area contributed by atoms with Gasteiger partial charge in [0.1, 0.15) is 0 Å². The zero-order valence-corrected chi connectivity index (χ0v) is 12.3. The molecule has 2 rings (SSSR count). The molecule has 2 N–H and O–H groups in total. The molecule has 2 amide bonds. The average molecular weight is 316 g/mol. The van der Waals surface area contributed by atoms with Crippen LogP contribution in [0.3, 0.4) is 0 Å². The van der Waals surface area contributed by atoms with Gasteiger partial charge in [0.05, 0.1) is 0 Å². The maximum atomic E-state index is 12.2. The summed E-state index contributed by atoms with van der Waals surface area (Å²) >= 11 is 0.477. The second kappa shape index (κ2) is 7.61. The van der Waals surface area contributed by atoms with Crippen LogP contribution in [0.25, 0.3) is 0 Å². The van der Waals surface area contributed by atoms with Gasteiger partial charge in [-0.3, -0.25) is 0 Å². The van der Waals surface area contributed by atoms with E-state index in [1.54, 1.807) is 29.2 Å². The molecule has 0 bridgehead atoms. The number of carbonyl (C=O) groups excluding carboxylic acids is 1. The van der Waals surface area contributed by atoms with Gasteiger partial charge in [-0.2, -0.15) is 8.78 Å². The van der Waals surface area contributed by atoms with Gasteiger partial charge in [0, 0.05) is 30.3 Å². The number of nitrogens with zero attached hydrogens (tertiary/aromatic N) is 1. The summed E-state index contributed by atoms with van der Waals surface area (Å²) in [5.41, 5.74) is 0.586. The highest BCUT2D eigenvalue weighted by molar-refractivity contribution is 7.99. The van der Waals surface area contributed by atoms with E-state index in [4.69, 9.17) is 5.11 Å². The molecule has 21 heavy (non-hydrogen) atoms. The van der Waals surface area contributed by atoms with Crippen molar-refractivity contribution in [3.8, 4) is 0 Å². The zero-order chi connectivity index (χ0) is 15.2. The molecule has 1 saturated heterocycles. The van der Waals surface area contributed by atoms with Crippen molar-refractivity contribution in [1.29, 1.82) is 0 Å². The van der Waals surface area contributed by atoms with Crippen LogP contribution >= 0.6 is 11.8 Å². The zero-order valence-electron chi connectivity index (χ0n) is 11.5. The van der Waals surface area contributed by atoms with E-state index in [1.807, 2.05) is 0 Å². The highest BCUT2D eigenvalue weighted by Gasteiger charge is 2.22. The lowest BCUT2D eigenvalue weighted by Gasteiger charge is -2.31. The number of piperidine rings is 1. The summed E-state index contributed by atoms with van der Waals surface area (Å²) in [6.45, 7) is 1.41. The molecule has 0 unspecified atom stereocenters. The van der Waals surface area contributed by atoms with Gasteiger partial charge in [-0.25, -0.2) is 4.79 Å². The Morgan fingerprint density at radius 2 is 1.95 bits per heavy atom. The summed E-state index contributed by atoms with van der Waals surface area (Å²) in [6.07, 6.45) is 1.60. The molecule has 0 atom stereocenters. The number of halogens is 2. The number of hydrogen-bond acceptors (Lipinski definition) is 3. The third-order valence-electron chi connectivity index (χ3n) is 3.49. The van der Waals surface area contributed by atoms with Crippen LogP contribution in [0.5, 0.6) is 0 Å². The molecule has 0 spiro atoms. The summed E-state index contributed by atoms with van der Waals surface area (Å²) in [7, 11) is 0.